The molecule has 2 rings (SSSR count). The average Bonchev–Trinajstić information content (AvgIpc) is 2.55. The molecule has 1 heterocycles. The maximum atomic E-state index is 12.0. The van der Waals surface area contributed by atoms with E-state index < -0.39 is 5.41 Å². The summed E-state index contributed by atoms with van der Waals surface area (Å²) in [6.45, 7) is 1.32. The number of carbonyl (C=O) groups is 2. The number of carbonyl (C=O) groups excluding carboxylic acids is 2. The van der Waals surface area contributed by atoms with E-state index in [4.69, 9.17) is 22.1 Å². The van der Waals surface area contributed by atoms with Crippen LogP contribution in [0.3, 0.4) is 0 Å². The fraction of sp³-hybridized carbons (Fsp3) is 0.529. The van der Waals surface area contributed by atoms with E-state index in [0.717, 1.165) is 18.4 Å². The highest BCUT2D eigenvalue weighted by atomic mass is 35.5. The standard InChI is InChI=1S/C17H23ClN2O3/c18-14-6-4-13(5-7-14)2-1-3-15(21)20-12-17(16(19)22)8-10-23-11-9-17/h4-7H,1-3,8-12H2,(H2,19,22)(H,20,21). The van der Waals surface area contributed by atoms with Crippen LogP contribution in [0.2, 0.25) is 5.02 Å². The normalized spacial score (nSPS) is 16.7. The van der Waals surface area contributed by atoms with E-state index in [9.17, 15) is 9.59 Å². The Labute approximate surface area is 141 Å². The summed E-state index contributed by atoms with van der Waals surface area (Å²) in [5.41, 5.74) is 6.01. The molecule has 0 aliphatic carbocycles. The maximum absolute atomic E-state index is 12.0. The number of hydrogen-bond donors (Lipinski definition) is 2. The highest BCUT2D eigenvalue weighted by molar-refractivity contribution is 6.30. The lowest BCUT2D eigenvalue weighted by Gasteiger charge is -2.34. The topological polar surface area (TPSA) is 81.4 Å². The molecule has 1 saturated heterocycles. The number of hydrogen-bond acceptors (Lipinski definition) is 3. The van der Waals surface area contributed by atoms with Gasteiger partial charge >= 0.3 is 0 Å². The largest absolute Gasteiger partial charge is 0.381 e. The first kappa shape index (κ1) is 17.8. The number of benzene rings is 1. The Morgan fingerprint density at radius 1 is 1.22 bits per heavy atom. The molecule has 5 nitrogen and oxygen atoms in total. The monoisotopic (exact) mass is 338 g/mol. The van der Waals surface area contributed by atoms with Gasteiger partial charge in [-0.3, -0.25) is 9.59 Å². The predicted octanol–water partition coefficient (Wildman–Crippen LogP) is 2.06. The molecule has 6 heteroatoms. The molecular formula is C17H23ClN2O3. The van der Waals surface area contributed by atoms with Crippen LogP contribution in [0, 0.1) is 5.41 Å². The van der Waals surface area contributed by atoms with Gasteiger partial charge in [-0.15, -0.1) is 0 Å². The van der Waals surface area contributed by atoms with Gasteiger partial charge in [0.1, 0.15) is 0 Å². The summed E-state index contributed by atoms with van der Waals surface area (Å²) in [5, 5.41) is 3.56. The van der Waals surface area contributed by atoms with E-state index in [-0.39, 0.29) is 11.8 Å². The zero-order valence-electron chi connectivity index (χ0n) is 13.1. The molecule has 0 atom stereocenters. The van der Waals surface area contributed by atoms with Gasteiger partial charge in [-0.25, -0.2) is 0 Å². The first-order valence-electron chi connectivity index (χ1n) is 7.91. The molecule has 1 aromatic carbocycles. The second-order valence-electron chi connectivity index (χ2n) is 6.01. The van der Waals surface area contributed by atoms with Crippen molar-refractivity contribution < 1.29 is 14.3 Å². The molecule has 1 fully saturated rings. The van der Waals surface area contributed by atoms with E-state index in [2.05, 4.69) is 5.32 Å². The molecule has 3 N–H and O–H groups in total. The molecular weight excluding hydrogens is 316 g/mol. The molecule has 23 heavy (non-hydrogen) atoms. The number of rotatable bonds is 7. The Hall–Kier alpha value is -1.59. The van der Waals surface area contributed by atoms with Gasteiger partial charge in [0.15, 0.2) is 0 Å². The van der Waals surface area contributed by atoms with Crippen molar-refractivity contribution in [3.05, 3.63) is 34.9 Å². The van der Waals surface area contributed by atoms with Crippen molar-refractivity contribution in [3.8, 4) is 0 Å². The van der Waals surface area contributed by atoms with Crippen molar-refractivity contribution >= 4 is 23.4 Å². The molecule has 0 aromatic heterocycles. The number of halogens is 1. The molecule has 1 aliphatic heterocycles. The predicted molar refractivity (Wildman–Crippen MR) is 89.1 cm³/mol. The second kappa shape index (κ2) is 8.31. The van der Waals surface area contributed by atoms with E-state index >= 15 is 0 Å². The van der Waals surface area contributed by atoms with Crippen LogP contribution in [0.15, 0.2) is 24.3 Å². The van der Waals surface area contributed by atoms with Crippen molar-refractivity contribution in [1.82, 2.24) is 5.32 Å². The summed E-state index contributed by atoms with van der Waals surface area (Å²) in [5.74, 6) is -0.409. The fourth-order valence-corrected chi connectivity index (χ4v) is 2.86. The molecule has 1 aliphatic rings. The van der Waals surface area contributed by atoms with Gasteiger partial charge in [0, 0.05) is 31.2 Å². The smallest absolute Gasteiger partial charge is 0.225 e. The zero-order chi connectivity index (χ0) is 16.7. The van der Waals surface area contributed by atoms with Crippen LogP contribution in [-0.4, -0.2) is 31.6 Å². The van der Waals surface area contributed by atoms with Crippen molar-refractivity contribution in [1.29, 1.82) is 0 Å². The molecule has 1 aromatic rings. The van der Waals surface area contributed by atoms with Crippen molar-refractivity contribution in [2.75, 3.05) is 19.8 Å². The number of primary amides is 1. The lowest BCUT2D eigenvalue weighted by molar-refractivity contribution is -0.134. The summed E-state index contributed by atoms with van der Waals surface area (Å²) in [6.07, 6.45) is 3.12. The first-order valence-corrected chi connectivity index (χ1v) is 8.28. The number of aryl methyl sites for hydroxylation is 1. The average molecular weight is 339 g/mol. The Morgan fingerprint density at radius 2 is 1.87 bits per heavy atom. The van der Waals surface area contributed by atoms with Crippen LogP contribution in [0.25, 0.3) is 0 Å². The van der Waals surface area contributed by atoms with Crippen LogP contribution in [0.1, 0.15) is 31.2 Å². The van der Waals surface area contributed by atoms with Crippen LogP contribution in [-0.2, 0) is 20.7 Å². The molecule has 0 saturated carbocycles. The van der Waals surface area contributed by atoms with Gasteiger partial charge < -0.3 is 15.8 Å². The molecule has 126 valence electrons. The van der Waals surface area contributed by atoms with Gasteiger partial charge in [-0.05, 0) is 43.4 Å². The van der Waals surface area contributed by atoms with Gasteiger partial charge in [-0.2, -0.15) is 0 Å². The summed E-state index contributed by atoms with van der Waals surface area (Å²) >= 11 is 5.84. The quantitative estimate of drug-likeness (QED) is 0.798. The Bertz CT molecular complexity index is 539. The molecule has 0 unspecified atom stereocenters. The Morgan fingerprint density at radius 3 is 2.48 bits per heavy atom. The second-order valence-corrected chi connectivity index (χ2v) is 6.45. The van der Waals surface area contributed by atoms with E-state index in [1.165, 1.54) is 0 Å². The van der Waals surface area contributed by atoms with Crippen molar-refractivity contribution in [2.45, 2.75) is 32.1 Å². The van der Waals surface area contributed by atoms with Crippen LogP contribution < -0.4 is 11.1 Å². The number of amides is 2. The number of nitrogens with one attached hydrogen (secondary N) is 1. The van der Waals surface area contributed by atoms with Gasteiger partial charge in [-0.1, -0.05) is 23.7 Å². The molecule has 0 bridgehead atoms. The van der Waals surface area contributed by atoms with Gasteiger partial charge in [0.25, 0.3) is 0 Å². The lowest BCUT2D eigenvalue weighted by atomic mass is 9.79. The Kier molecular flexibility index (Phi) is 6.42. The molecule has 0 spiro atoms. The molecule has 2 amide bonds. The SMILES string of the molecule is NC(=O)C1(CNC(=O)CCCc2ccc(Cl)cc2)CCOCC1. The third-order valence-corrected chi connectivity index (χ3v) is 4.63. The minimum atomic E-state index is -0.663. The van der Waals surface area contributed by atoms with E-state index in [1.54, 1.807) is 0 Å². The highest BCUT2D eigenvalue weighted by Crippen LogP contribution is 2.29. The van der Waals surface area contributed by atoms with Crippen molar-refractivity contribution in [3.63, 3.8) is 0 Å². The minimum Gasteiger partial charge on any atom is -0.381 e. The van der Waals surface area contributed by atoms with E-state index in [0.29, 0.717) is 44.0 Å². The number of nitrogens with two attached hydrogens (primary N) is 1. The zero-order valence-corrected chi connectivity index (χ0v) is 13.9. The minimum absolute atomic E-state index is 0.0499. The maximum Gasteiger partial charge on any atom is 0.225 e. The molecule has 0 radical (unpaired) electrons. The van der Waals surface area contributed by atoms with E-state index in [1.807, 2.05) is 24.3 Å². The third kappa shape index (κ3) is 5.22. The van der Waals surface area contributed by atoms with Crippen LogP contribution in [0.5, 0.6) is 0 Å². The lowest BCUT2D eigenvalue weighted by Crippen LogP contribution is -2.49. The summed E-state index contributed by atoms with van der Waals surface area (Å²) in [6, 6.07) is 7.62. The highest BCUT2D eigenvalue weighted by Gasteiger charge is 2.38. The summed E-state index contributed by atoms with van der Waals surface area (Å²) < 4.78 is 5.27. The summed E-state index contributed by atoms with van der Waals surface area (Å²) in [4.78, 5) is 23.7. The first-order chi connectivity index (χ1) is 11.0. The Balaban J connectivity index is 1.73. The van der Waals surface area contributed by atoms with Crippen molar-refractivity contribution in [2.24, 2.45) is 11.1 Å². The van der Waals surface area contributed by atoms with Crippen LogP contribution in [0.4, 0.5) is 0 Å². The summed E-state index contributed by atoms with van der Waals surface area (Å²) in [7, 11) is 0. The van der Waals surface area contributed by atoms with Gasteiger partial charge in [0.05, 0.1) is 5.41 Å². The van der Waals surface area contributed by atoms with Gasteiger partial charge in [0.2, 0.25) is 11.8 Å². The van der Waals surface area contributed by atoms with Crippen LogP contribution >= 0.6 is 11.6 Å². The number of ether oxygens (including phenoxy) is 1. The fourth-order valence-electron chi connectivity index (χ4n) is 2.73. The third-order valence-electron chi connectivity index (χ3n) is 4.38.